The zero-order valence-corrected chi connectivity index (χ0v) is 17.2. The van der Waals surface area contributed by atoms with E-state index in [1.165, 1.54) is 12.1 Å². The summed E-state index contributed by atoms with van der Waals surface area (Å²) in [5.74, 6) is -0.503. The van der Waals surface area contributed by atoms with E-state index < -0.39 is 9.84 Å². The summed E-state index contributed by atoms with van der Waals surface area (Å²) in [4.78, 5) is 30.5. The standard InChI is InChI=1S/C23H16N2O5S/c1-2-31(28,29)13-10-11-19-18(12-13)25-23(30-19)24-17-9-5-8-16-20(17)22(27)15-7-4-3-6-14(15)21(16)26/h3-12H,2H2,1H3,(H,24,25). The van der Waals surface area contributed by atoms with E-state index in [0.717, 1.165) is 0 Å². The largest absolute Gasteiger partial charge is 0.423 e. The van der Waals surface area contributed by atoms with Gasteiger partial charge in [0.25, 0.3) is 6.01 Å². The normalized spacial score (nSPS) is 13.2. The molecule has 0 amide bonds. The number of oxazole rings is 1. The maximum atomic E-state index is 13.1. The first kappa shape index (κ1) is 19.2. The first-order valence-electron chi connectivity index (χ1n) is 9.61. The molecule has 1 heterocycles. The predicted octanol–water partition coefficient (Wildman–Crippen LogP) is 4.14. The number of hydrogen-bond acceptors (Lipinski definition) is 7. The average Bonchev–Trinajstić information content (AvgIpc) is 3.19. The van der Waals surface area contributed by atoms with E-state index in [0.29, 0.717) is 33.5 Å². The van der Waals surface area contributed by atoms with Crippen molar-refractivity contribution in [2.24, 2.45) is 0 Å². The number of rotatable bonds is 4. The Hall–Kier alpha value is -3.78. The lowest BCUT2D eigenvalue weighted by molar-refractivity contribution is 0.0979. The molecule has 4 aromatic rings. The summed E-state index contributed by atoms with van der Waals surface area (Å²) in [6.07, 6.45) is 0. The molecule has 0 fully saturated rings. The van der Waals surface area contributed by atoms with E-state index >= 15 is 0 Å². The molecule has 0 bridgehead atoms. The Kier molecular flexibility index (Phi) is 4.26. The second kappa shape index (κ2) is 6.88. The third-order valence-electron chi connectivity index (χ3n) is 5.29. The summed E-state index contributed by atoms with van der Waals surface area (Å²) in [7, 11) is -3.38. The maximum Gasteiger partial charge on any atom is 0.300 e. The van der Waals surface area contributed by atoms with Crippen molar-refractivity contribution >= 4 is 44.2 Å². The maximum absolute atomic E-state index is 13.1. The number of fused-ring (bicyclic) bond motifs is 3. The van der Waals surface area contributed by atoms with Crippen LogP contribution in [-0.4, -0.2) is 30.7 Å². The summed E-state index contributed by atoms with van der Waals surface area (Å²) in [5, 5.41) is 2.98. The Bertz CT molecular complexity index is 1500. The van der Waals surface area contributed by atoms with Crippen LogP contribution in [0, 0.1) is 0 Å². The van der Waals surface area contributed by atoms with E-state index in [1.54, 1.807) is 55.5 Å². The van der Waals surface area contributed by atoms with Crippen molar-refractivity contribution < 1.29 is 22.4 Å². The number of hydrogen-bond donors (Lipinski definition) is 1. The van der Waals surface area contributed by atoms with Crippen LogP contribution in [0.2, 0.25) is 0 Å². The number of carbonyl (C=O) groups is 2. The van der Waals surface area contributed by atoms with Gasteiger partial charge in [0.2, 0.25) is 0 Å². The first-order valence-corrected chi connectivity index (χ1v) is 11.3. The lowest BCUT2D eigenvalue weighted by atomic mass is 9.83. The smallest absolute Gasteiger partial charge is 0.300 e. The highest BCUT2D eigenvalue weighted by Gasteiger charge is 2.31. The van der Waals surface area contributed by atoms with Gasteiger partial charge in [-0.3, -0.25) is 9.59 Å². The SMILES string of the molecule is CCS(=O)(=O)c1ccc2oc(Nc3cccc4c3C(=O)c3ccccc3C4=O)nc2c1. The zero-order valence-electron chi connectivity index (χ0n) is 16.4. The molecule has 1 aromatic heterocycles. The molecule has 0 unspecified atom stereocenters. The van der Waals surface area contributed by atoms with Crippen molar-refractivity contribution in [2.75, 3.05) is 11.1 Å². The number of aromatic nitrogens is 1. The molecule has 7 nitrogen and oxygen atoms in total. The topological polar surface area (TPSA) is 106 Å². The van der Waals surface area contributed by atoms with Gasteiger partial charge in [-0.15, -0.1) is 0 Å². The van der Waals surface area contributed by atoms with Crippen LogP contribution in [0.25, 0.3) is 11.1 Å². The van der Waals surface area contributed by atoms with Crippen molar-refractivity contribution in [3.05, 3.63) is 82.9 Å². The summed E-state index contributed by atoms with van der Waals surface area (Å²) < 4.78 is 29.9. The molecule has 0 radical (unpaired) electrons. The van der Waals surface area contributed by atoms with Crippen molar-refractivity contribution in [1.29, 1.82) is 0 Å². The third kappa shape index (κ3) is 3.03. The molecule has 1 aliphatic rings. The van der Waals surface area contributed by atoms with Crippen LogP contribution in [0.1, 0.15) is 38.8 Å². The van der Waals surface area contributed by atoms with E-state index in [9.17, 15) is 18.0 Å². The second-order valence-corrected chi connectivity index (χ2v) is 9.39. The van der Waals surface area contributed by atoms with Crippen LogP contribution in [0.5, 0.6) is 0 Å². The highest BCUT2D eigenvalue weighted by molar-refractivity contribution is 7.91. The van der Waals surface area contributed by atoms with Gasteiger partial charge in [-0.25, -0.2) is 8.42 Å². The molecule has 1 N–H and O–H groups in total. The molecule has 0 spiro atoms. The van der Waals surface area contributed by atoms with E-state index in [4.69, 9.17) is 4.42 Å². The minimum absolute atomic E-state index is 0.0186. The third-order valence-corrected chi connectivity index (χ3v) is 7.02. The van der Waals surface area contributed by atoms with Gasteiger partial charge in [0.05, 0.1) is 21.9 Å². The molecule has 8 heteroatoms. The van der Waals surface area contributed by atoms with Gasteiger partial charge >= 0.3 is 0 Å². The molecule has 5 rings (SSSR count). The zero-order chi connectivity index (χ0) is 21.8. The van der Waals surface area contributed by atoms with Crippen LogP contribution in [0.4, 0.5) is 11.7 Å². The van der Waals surface area contributed by atoms with E-state index in [2.05, 4.69) is 10.3 Å². The molecule has 1 aliphatic carbocycles. The predicted molar refractivity (Wildman–Crippen MR) is 115 cm³/mol. The minimum atomic E-state index is -3.38. The number of anilines is 2. The van der Waals surface area contributed by atoms with Gasteiger partial charge in [-0.2, -0.15) is 4.98 Å². The fraction of sp³-hybridized carbons (Fsp3) is 0.0870. The number of benzene rings is 3. The molecule has 0 saturated heterocycles. The summed E-state index contributed by atoms with van der Waals surface area (Å²) in [6.45, 7) is 1.57. The highest BCUT2D eigenvalue weighted by Crippen LogP contribution is 2.34. The number of carbonyl (C=O) groups excluding carboxylic acids is 2. The van der Waals surface area contributed by atoms with Crippen LogP contribution in [-0.2, 0) is 9.84 Å². The van der Waals surface area contributed by atoms with Crippen LogP contribution < -0.4 is 5.32 Å². The van der Waals surface area contributed by atoms with Gasteiger partial charge in [0.15, 0.2) is 27.0 Å². The molecular formula is C23H16N2O5S. The van der Waals surface area contributed by atoms with Gasteiger partial charge in [-0.05, 0) is 24.3 Å². The van der Waals surface area contributed by atoms with Crippen molar-refractivity contribution in [2.45, 2.75) is 11.8 Å². The van der Waals surface area contributed by atoms with Crippen molar-refractivity contribution in [3.8, 4) is 0 Å². The fourth-order valence-electron chi connectivity index (χ4n) is 3.69. The Labute approximate surface area is 177 Å². The summed E-state index contributed by atoms with van der Waals surface area (Å²) in [6, 6.07) is 16.2. The molecule has 0 atom stereocenters. The van der Waals surface area contributed by atoms with Crippen LogP contribution in [0.15, 0.2) is 70.0 Å². The van der Waals surface area contributed by atoms with Crippen LogP contribution in [0.3, 0.4) is 0 Å². The fourth-order valence-corrected chi connectivity index (χ4v) is 4.59. The number of nitrogens with one attached hydrogen (secondary N) is 1. The van der Waals surface area contributed by atoms with E-state index in [-0.39, 0.29) is 33.8 Å². The second-order valence-electron chi connectivity index (χ2n) is 7.11. The molecule has 0 aliphatic heterocycles. The monoisotopic (exact) mass is 432 g/mol. The van der Waals surface area contributed by atoms with Crippen molar-refractivity contribution in [1.82, 2.24) is 4.98 Å². The van der Waals surface area contributed by atoms with Crippen LogP contribution >= 0.6 is 0 Å². The lowest BCUT2D eigenvalue weighted by Gasteiger charge is -2.19. The molecule has 0 saturated carbocycles. The number of ketones is 2. The molecule has 154 valence electrons. The van der Waals surface area contributed by atoms with Crippen molar-refractivity contribution in [3.63, 3.8) is 0 Å². The van der Waals surface area contributed by atoms with Gasteiger partial charge < -0.3 is 9.73 Å². The number of nitrogens with zero attached hydrogens (tertiary/aromatic N) is 1. The first-order chi connectivity index (χ1) is 14.9. The Balaban J connectivity index is 1.57. The Morgan fingerprint density at radius 1 is 0.903 bits per heavy atom. The number of sulfone groups is 1. The molecule has 3 aromatic carbocycles. The lowest BCUT2D eigenvalue weighted by Crippen LogP contribution is -2.22. The Morgan fingerprint density at radius 2 is 1.61 bits per heavy atom. The highest BCUT2D eigenvalue weighted by atomic mass is 32.2. The summed E-state index contributed by atoms with van der Waals surface area (Å²) >= 11 is 0. The van der Waals surface area contributed by atoms with Gasteiger partial charge in [0, 0.05) is 16.7 Å². The quantitative estimate of drug-likeness (QED) is 0.455. The minimum Gasteiger partial charge on any atom is -0.423 e. The summed E-state index contributed by atoms with van der Waals surface area (Å²) in [5.41, 5.74) is 2.44. The molecule has 31 heavy (non-hydrogen) atoms. The Morgan fingerprint density at radius 3 is 2.35 bits per heavy atom. The van der Waals surface area contributed by atoms with Gasteiger partial charge in [0.1, 0.15) is 5.52 Å². The van der Waals surface area contributed by atoms with E-state index in [1.807, 2.05) is 0 Å². The molecular weight excluding hydrogens is 416 g/mol. The van der Waals surface area contributed by atoms with Gasteiger partial charge in [-0.1, -0.05) is 43.3 Å². The average molecular weight is 432 g/mol.